The summed E-state index contributed by atoms with van der Waals surface area (Å²) in [4.78, 5) is 15.1. The molecule has 1 aromatic rings. The number of piperidine rings is 1. The van der Waals surface area contributed by atoms with E-state index >= 15 is 0 Å². The first-order chi connectivity index (χ1) is 8.16. The molecule has 0 aliphatic carbocycles. The molecule has 3 nitrogen and oxygen atoms in total. The average molecular weight is 309 g/mol. The largest absolute Gasteiger partial charge is 0.340 e. The first kappa shape index (κ1) is 15.8. The van der Waals surface area contributed by atoms with Gasteiger partial charge in [0.15, 0.2) is 0 Å². The highest BCUT2D eigenvalue weighted by atomic mass is 35.5. The number of rotatable bonds is 3. The molecule has 1 aliphatic rings. The molecule has 0 radical (unpaired) electrons. The molecule has 1 aliphatic heterocycles. The van der Waals surface area contributed by atoms with Gasteiger partial charge in [0.25, 0.3) is 0 Å². The Balaban J connectivity index is 0.00000162. The summed E-state index contributed by atoms with van der Waals surface area (Å²) >= 11 is 7.42. The minimum atomic E-state index is 0. The van der Waals surface area contributed by atoms with Gasteiger partial charge < -0.3 is 10.2 Å². The topological polar surface area (TPSA) is 32.3 Å². The van der Waals surface area contributed by atoms with Crippen molar-refractivity contribution >= 4 is 41.3 Å². The van der Waals surface area contributed by atoms with Gasteiger partial charge in [0.2, 0.25) is 5.91 Å². The van der Waals surface area contributed by atoms with E-state index in [0.29, 0.717) is 6.54 Å². The molecule has 1 saturated heterocycles. The highest BCUT2D eigenvalue weighted by Gasteiger charge is 2.23. The molecule has 0 unspecified atom stereocenters. The lowest BCUT2D eigenvalue weighted by Crippen LogP contribution is -2.38. The van der Waals surface area contributed by atoms with Gasteiger partial charge in [0.05, 0.1) is 10.9 Å². The van der Waals surface area contributed by atoms with Crippen molar-refractivity contribution in [2.45, 2.75) is 19.4 Å². The van der Waals surface area contributed by atoms with Crippen LogP contribution in [0.1, 0.15) is 17.7 Å². The maximum absolute atomic E-state index is 12.2. The number of nitrogens with zero attached hydrogens (tertiary/aromatic N) is 1. The molecule has 0 aromatic carbocycles. The van der Waals surface area contributed by atoms with E-state index in [1.54, 1.807) is 0 Å². The minimum absolute atomic E-state index is 0. The number of carbonyl (C=O) groups is 1. The van der Waals surface area contributed by atoms with Gasteiger partial charge in [-0.25, -0.2) is 0 Å². The smallest absolute Gasteiger partial charge is 0.225 e. The number of thiophene rings is 1. The lowest BCUT2D eigenvalue weighted by molar-refractivity contribution is -0.135. The standard InChI is InChI=1S/C12H17ClN2OS.ClH/c1-15(8-10-2-3-11(13)17-10)12(16)9-4-6-14-7-5-9;/h2-3,9,14H,4-8H2,1H3;1H. The van der Waals surface area contributed by atoms with Gasteiger partial charge in [-0.15, -0.1) is 23.7 Å². The third-order valence-electron chi connectivity index (χ3n) is 3.09. The Morgan fingerprint density at radius 2 is 2.17 bits per heavy atom. The third-order valence-corrected chi connectivity index (χ3v) is 4.30. The molecule has 1 N–H and O–H groups in total. The number of carbonyl (C=O) groups excluding carboxylic acids is 1. The van der Waals surface area contributed by atoms with Crippen LogP contribution in [0.25, 0.3) is 0 Å². The summed E-state index contributed by atoms with van der Waals surface area (Å²) in [6.07, 6.45) is 1.91. The van der Waals surface area contributed by atoms with Crippen LogP contribution in [-0.4, -0.2) is 30.9 Å². The van der Waals surface area contributed by atoms with Gasteiger partial charge in [0.1, 0.15) is 0 Å². The van der Waals surface area contributed by atoms with Crippen molar-refractivity contribution in [3.63, 3.8) is 0 Å². The zero-order valence-electron chi connectivity index (χ0n) is 10.3. The van der Waals surface area contributed by atoms with Gasteiger partial charge in [-0.2, -0.15) is 0 Å². The van der Waals surface area contributed by atoms with E-state index in [1.807, 2.05) is 24.1 Å². The van der Waals surface area contributed by atoms with Crippen molar-refractivity contribution < 1.29 is 4.79 Å². The fourth-order valence-electron chi connectivity index (χ4n) is 2.13. The summed E-state index contributed by atoms with van der Waals surface area (Å²) in [6.45, 7) is 2.57. The SMILES string of the molecule is CN(Cc1ccc(Cl)s1)C(=O)C1CCNCC1.Cl. The first-order valence-corrected chi connectivity index (χ1v) is 7.06. The number of halogens is 2. The quantitative estimate of drug-likeness (QED) is 0.931. The van der Waals surface area contributed by atoms with Gasteiger partial charge in [0, 0.05) is 17.8 Å². The second kappa shape index (κ2) is 7.34. The molecule has 0 bridgehead atoms. The number of hydrogen-bond acceptors (Lipinski definition) is 3. The monoisotopic (exact) mass is 308 g/mol. The van der Waals surface area contributed by atoms with Gasteiger partial charge in [-0.3, -0.25) is 4.79 Å². The van der Waals surface area contributed by atoms with Gasteiger partial charge in [-0.05, 0) is 38.1 Å². The molecule has 0 atom stereocenters. The molecule has 2 heterocycles. The Kier molecular flexibility index (Phi) is 6.43. The van der Waals surface area contributed by atoms with Gasteiger partial charge in [-0.1, -0.05) is 11.6 Å². The molecular weight excluding hydrogens is 291 g/mol. The summed E-state index contributed by atoms with van der Waals surface area (Å²) in [6, 6.07) is 3.86. The molecule has 0 saturated carbocycles. The van der Waals surface area contributed by atoms with E-state index in [0.717, 1.165) is 35.1 Å². The van der Waals surface area contributed by atoms with Crippen LogP contribution in [0.2, 0.25) is 4.34 Å². The summed E-state index contributed by atoms with van der Waals surface area (Å²) < 4.78 is 0.780. The Morgan fingerprint density at radius 3 is 2.72 bits per heavy atom. The second-order valence-corrected chi connectivity index (χ2v) is 6.22. The van der Waals surface area contributed by atoms with Crippen molar-refractivity contribution in [2.75, 3.05) is 20.1 Å². The van der Waals surface area contributed by atoms with Crippen molar-refractivity contribution in [2.24, 2.45) is 5.92 Å². The molecule has 18 heavy (non-hydrogen) atoms. The zero-order valence-corrected chi connectivity index (χ0v) is 12.7. The summed E-state index contributed by atoms with van der Waals surface area (Å²) in [7, 11) is 1.87. The normalized spacial score (nSPS) is 16.1. The number of hydrogen-bond donors (Lipinski definition) is 1. The molecular formula is C12H18Cl2N2OS. The fourth-order valence-corrected chi connectivity index (χ4v) is 3.27. The molecule has 1 amide bonds. The molecule has 1 aromatic heterocycles. The number of amides is 1. The molecule has 2 rings (SSSR count). The van der Waals surface area contributed by atoms with E-state index in [9.17, 15) is 4.79 Å². The van der Waals surface area contributed by atoms with Crippen molar-refractivity contribution in [1.29, 1.82) is 0 Å². The van der Waals surface area contributed by atoms with E-state index in [2.05, 4.69) is 5.32 Å². The predicted molar refractivity (Wildman–Crippen MR) is 78.6 cm³/mol. The van der Waals surface area contributed by atoms with E-state index in [1.165, 1.54) is 11.3 Å². The van der Waals surface area contributed by atoms with E-state index in [-0.39, 0.29) is 24.2 Å². The zero-order chi connectivity index (χ0) is 12.3. The lowest BCUT2D eigenvalue weighted by atomic mass is 9.97. The van der Waals surface area contributed by atoms with E-state index < -0.39 is 0 Å². The average Bonchev–Trinajstić information content (AvgIpc) is 2.75. The highest BCUT2D eigenvalue weighted by Crippen LogP contribution is 2.23. The van der Waals surface area contributed by atoms with Crippen LogP contribution in [0.5, 0.6) is 0 Å². The van der Waals surface area contributed by atoms with Crippen molar-refractivity contribution in [3.05, 3.63) is 21.3 Å². The maximum Gasteiger partial charge on any atom is 0.225 e. The fraction of sp³-hybridized carbons (Fsp3) is 0.583. The van der Waals surface area contributed by atoms with Crippen molar-refractivity contribution in [3.8, 4) is 0 Å². The summed E-state index contributed by atoms with van der Waals surface area (Å²) in [5.41, 5.74) is 0. The Bertz CT molecular complexity index is 391. The van der Waals surface area contributed by atoms with Crippen LogP contribution in [0.3, 0.4) is 0 Å². The predicted octanol–water partition coefficient (Wildman–Crippen LogP) is 2.78. The Labute approximate surface area is 123 Å². The molecule has 1 fully saturated rings. The van der Waals surface area contributed by atoms with Gasteiger partial charge >= 0.3 is 0 Å². The lowest BCUT2D eigenvalue weighted by Gasteiger charge is -2.26. The van der Waals surface area contributed by atoms with E-state index in [4.69, 9.17) is 11.6 Å². The summed E-state index contributed by atoms with van der Waals surface area (Å²) in [5, 5.41) is 3.28. The summed E-state index contributed by atoms with van der Waals surface area (Å²) in [5.74, 6) is 0.452. The van der Waals surface area contributed by atoms with Crippen LogP contribution in [0, 0.1) is 5.92 Å². The van der Waals surface area contributed by atoms with Crippen molar-refractivity contribution in [1.82, 2.24) is 10.2 Å². The Hall–Kier alpha value is -0.290. The molecule has 102 valence electrons. The van der Waals surface area contributed by atoms with Crippen LogP contribution >= 0.6 is 35.3 Å². The van der Waals surface area contributed by atoms with Crippen LogP contribution in [-0.2, 0) is 11.3 Å². The highest BCUT2D eigenvalue weighted by molar-refractivity contribution is 7.16. The number of nitrogens with one attached hydrogen (secondary N) is 1. The second-order valence-electron chi connectivity index (χ2n) is 4.42. The van der Waals surface area contributed by atoms with Crippen LogP contribution < -0.4 is 5.32 Å². The molecule has 0 spiro atoms. The minimum Gasteiger partial charge on any atom is -0.340 e. The Morgan fingerprint density at radius 1 is 1.50 bits per heavy atom. The maximum atomic E-state index is 12.2. The van der Waals surface area contributed by atoms with Crippen LogP contribution in [0.15, 0.2) is 12.1 Å². The molecule has 6 heteroatoms. The third kappa shape index (κ3) is 4.12. The van der Waals surface area contributed by atoms with Crippen LogP contribution in [0.4, 0.5) is 0 Å². The first-order valence-electron chi connectivity index (χ1n) is 5.86.